The first-order valence-electron chi connectivity index (χ1n) is 6.37. The van der Waals surface area contributed by atoms with Crippen molar-refractivity contribution in [3.63, 3.8) is 0 Å². The maximum atomic E-state index is 13.4. The summed E-state index contributed by atoms with van der Waals surface area (Å²) in [4.78, 5) is 11.1. The third-order valence-electron chi connectivity index (χ3n) is 3.14. The van der Waals surface area contributed by atoms with Gasteiger partial charge in [-0.15, -0.1) is 0 Å². The molecule has 108 valence electrons. The SMILES string of the molecule is COc1ccc(/C(=C\C(=O)O)c2ccc(F)c(C)c2)cc1. The van der Waals surface area contributed by atoms with E-state index in [1.807, 2.05) is 0 Å². The van der Waals surface area contributed by atoms with E-state index in [2.05, 4.69) is 0 Å². The molecule has 2 aromatic rings. The molecule has 0 aliphatic heterocycles. The smallest absolute Gasteiger partial charge is 0.328 e. The van der Waals surface area contributed by atoms with Crippen molar-refractivity contribution in [2.45, 2.75) is 6.92 Å². The van der Waals surface area contributed by atoms with Gasteiger partial charge in [0.2, 0.25) is 0 Å². The summed E-state index contributed by atoms with van der Waals surface area (Å²) in [5, 5.41) is 9.06. The molecule has 0 unspecified atom stereocenters. The van der Waals surface area contributed by atoms with Crippen LogP contribution in [0.1, 0.15) is 16.7 Å². The van der Waals surface area contributed by atoms with E-state index in [0.29, 0.717) is 22.4 Å². The average Bonchev–Trinajstić information content (AvgIpc) is 2.48. The van der Waals surface area contributed by atoms with Gasteiger partial charge in [-0.1, -0.05) is 18.2 Å². The summed E-state index contributed by atoms with van der Waals surface area (Å²) >= 11 is 0. The van der Waals surface area contributed by atoms with Gasteiger partial charge >= 0.3 is 5.97 Å². The lowest BCUT2D eigenvalue weighted by Gasteiger charge is -2.10. The summed E-state index contributed by atoms with van der Waals surface area (Å²) in [6.45, 7) is 1.64. The highest BCUT2D eigenvalue weighted by molar-refractivity contribution is 5.95. The number of carboxylic acid groups (broad SMARTS) is 1. The van der Waals surface area contributed by atoms with E-state index in [1.54, 1.807) is 50.4 Å². The fourth-order valence-corrected chi connectivity index (χ4v) is 2.04. The molecule has 0 saturated carbocycles. The van der Waals surface area contributed by atoms with Crippen LogP contribution in [0.4, 0.5) is 4.39 Å². The van der Waals surface area contributed by atoms with Gasteiger partial charge in [-0.25, -0.2) is 9.18 Å². The first-order valence-corrected chi connectivity index (χ1v) is 6.37. The summed E-state index contributed by atoms with van der Waals surface area (Å²) in [6.07, 6.45) is 1.12. The van der Waals surface area contributed by atoms with E-state index in [1.165, 1.54) is 6.07 Å². The molecule has 0 aromatic heterocycles. The third kappa shape index (κ3) is 3.48. The molecule has 0 saturated heterocycles. The lowest BCUT2D eigenvalue weighted by atomic mass is 9.96. The van der Waals surface area contributed by atoms with Gasteiger partial charge in [0.05, 0.1) is 7.11 Å². The maximum Gasteiger partial charge on any atom is 0.328 e. The Morgan fingerprint density at radius 3 is 2.29 bits per heavy atom. The summed E-state index contributed by atoms with van der Waals surface area (Å²) in [5.74, 6) is -0.685. The van der Waals surface area contributed by atoms with Crippen molar-refractivity contribution in [2.24, 2.45) is 0 Å². The van der Waals surface area contributed by atoms with Gasteiger partial charge in [0, 0.05) is 6.08 Å². The van der Waals surface area contributed by atoms with Crippen LogP contribution in [-0.4, -0.2) is 18.2 Å². The minimum atomic E-state index is -1.05. The lowest BCUT2D eigenvalue weighted by Crippen LogP contribution is -1.96. The molecule has 1 N–H and O–H groups in total. The van der Waals surface area contributed by atoms with Crippen molar-refractivity contribution in [3.8, 4) is 5.75 Å². The van der Waals surface area contributed by atoms with Crippen molar-refractivity contribution in [3.05, 3.63) is 71.0 Å². The number of carbonyl (C=O) groups is 1. The summed E-state index contributed by atoms with van der Waals surface area (Å²) in [6, 6.07) is 11.6. The van der Waals surface area contributed by atoms with Crippen LogP contribution < -0.4 is 4.74 Å². The minimum absolute atomic E-state index is 0.317. The number of hydrogen-bond acceptors (Lipinski definition) is 2. The fourth-order valence-electron chi connectivity index (χ4n) is 2.04. The Morgan fingerprint density at radius 1 is 1.14 bits per heavy atom. The zero-order chi connectivity index (χ0) is 15.4. The molecule has 0 amide bonds. The Hall–Kier alpha value is -2.62. The molecule has 0 spiro atoms. The molecule has 2 aromatic carbocycles. The van der Waals surface area contributed by atoms with Gasteiger partial charge in [-0.05, 0) is 53.5 Å². The fraction of sp³-hybridized carbons (Fsp3) is 0.118. The normalized spacial score (nSPS) is 11.3. The van der Waals surface area contributed by atoms with Crippen LogP contribution in [0.5, 0.6) is 5.75 Å². The Kier molecular flexibility index (Phi) is 4.38. The van der Waals surface area contributed by atoms with Gasteiger partial charge in [0.25, 0.3) is 0 Å². The number of hydrogen-bond donors (Lipinski definition) is 1. The van der Waals surface area contributed by atoms with E-state index in [-0.39, 0.29) is 5.82 Å². The third-order valence-corrected chi connectivity index (χ3v) is 3.14. The monoisotopic (exact) mass is 286 g/mol. The molecule has 4 heteroatoms. The number of halogens is 1. The Labute approximate surface area is 122 Å². The molecule has 0 radical (unpaired) electrons. The van der Waals surface area contributed by atoms with Crippen molar-refractivity contribution in [1.29, 1.82) is 0 Å². The number of aliphatic carboxylic acids is 1. The first kappa shape index (κ1) is 14.8. The quantitative estimate of drug-likeness (QED) is 0.872. The van der Waals surface area contributed by atoms with Crippen LogP contribution in [0.25, 0.3) is 5.57 Å². The highest BCUT2D eigenvalue weighted by atomic mass is 19.1. The zero-order valence-electron chi connectivity index (χ0n) is 11.8. The number of aryl methyl sites for hydroxylation is 1. The molecule has 21 heavy (non-hydrogen) atoms. The van der Waals surface area contributed by atoms with E-state index in [9.17, 15) is 9.18 Å². The van der Waals surface area contributed by atoms with Crippen molar-refractivity contribution < 1.29 is 19.0 Å². The Balaban J connectivity index is 2.52. The lowest BCUT2D eigenvalue weighted by molar-refractivity contribution is -0.131. The first-order chi connectivity index (χ1) is 10.0. The second-order valence-corrected chi connectivity index (χ2v) is 4.59. The van der Waals surface area contributed by atoms with E-state index in [0.717, 1.165) is 11.6 Å². The van der Waals surface area contributed by atoms with Gasteiger partial charge in [0.15, 0.2) is 0 Å². The molecule has 0 bridgehead atoms. The number of rotatable bonds is 4. The topological polar surface area (TPSA) is 46.5 Å². The molecule has 2 rings (SSSR count). The second-order valence-electron chi connectivity index (χ2n) is 4.59. The van der Waals surface area contributed by atoms with Crippen LogP contribution in [0.3, 0.4) is 0 Å². The maximum absolute atomic E-state index is 13.4. The predicted molar refractivity (Wildman–Crippen MR) is 78.8 cm³/mol. The van der Waals surface area contributed by atoms with Gasteiger partial charge in [-0.3, -0.25) is 0 Å². The molecule has 0 heterocycles. The molecule has 0 aliphatic rings. The highest BCUT2D eigenvalue weighted by Gasteiger charge is 2.09. The molecule has 0 fully saturated rings. The molecule has 3 nitrogen and oxygen atoms in total. The van der Waals surface area contributed by atoms with E-state index in [4.69, 9.17) is 9.84 Å². The Bertz CT molecular complexity index is 688. The predicted octanol–water partition coefficient (Wildman–Crippen LogP) is 3.66. The summed E-state index contributed by atoms with van der Waals surface area (Å²) in [7, 11) is 1.56. The van der Waals surface area contributed by atoms with Crippen molar-refractivity contribution in [1.82, 2.24) is 0 Å². The van der Waals surface area contributed by atoms with Crippen LogP contribution in [-0.2, 0) is 4.79 Å². The largest absolute Gasteiger partial charge is 0.497 e. The standard InChI is InChI=1S/C17H15FO3/c1-11-9-13(5-8-16(11)18)15(10-17(19)20)12-3-6-14(21-2)7-4-12/h3-10H,1-2H3,(H,19,20)/b15-10+. The molecule has 0 atom stereocenters. The van der Waals surface area contributed by atoms with Gasteiger partial charge in [0.1, 0.15) is 11.6 Å². The van der Waals surface area contributed by atoms with Crippen LogP contribution >= 0.6 is 0 Å². The molecular formula is C17H15FO3. The number of ether oxygens (including phenoxy) is 1. The van der Waals surface area contributed by atoms with Crippen molar-refractivity contribution >= 4 is 11.5 Å². The van der Waals surface area contributed by atoms with E-state index >= 15 is 0 Å². The highest BCUT2D eigenvalue weighted by Crippen LogP contribution is 2.26. The summed E-state index contributed by atoms with van der Waals surface area (Å²) in [5.41, 5.74) is 2.37. The minimum Gasteiger partial charge on any atom is -0.497 e. The van der Waals surface area contributed by atoms with Crippen LogP contribution in [0.2, 0.25) is 0 Å². The number of benzene rings is 2. The van der Waals surface area contributed by atoms with Gasteiger partial charge in [-0.2, -0.15) is 0 Å². The Morgan fingerprint density at radius 2 is 1.76 bits per heavy atom. The van der Waals surface area contributed by atoms with E-state index < -0.39 is 5.97 Å². The van der Waals surface area contributed by atoms with Crippen LogP contribution in [0, 0.1) is 12.7 Å². The van der Waals surface area contributed by atoms with Gasteiger partial charge < -0.3 is 9.84 Å². The number of methoxy groups -OCH3 is 1. The zero-order valence-corrected chi connectivity index (χ0v) is 11.8. The van der Waals surface area contributed by atoms with Crippen molar-refractivity contribution in [2.75, 3.05) is 7.11 Å². The second kappa shape index (κ2) is 6.22. The average molecular weight is 286 g/mol. The number of carboxylic acids is 1. The molecular weight excluding hydrogens is 271 g/mol. The van der Waals surface area contributed by atoms with Crippen LogP contribution in [0.15, 0.2) is 48.5 Å². The summed E-state index contributed by atoms with van der Waals surface area (Å²) < 4.78 is 18.5. The molecule has 0 aliphatic carbocycles.